The molecule has 0 aliphatic rings. The first-order chi connectivity index (χ1) is 13.7. The van der Waals surface area contributed by atoms with Gasteiger partial charge in [0.15, 0.2) is 11.5 Å². The van der Waals surface area contributed by atoms with Gasteiger partial charge in [0.25, 0.3) is 0 Å². The van der Waals surface area contributed by atoms with Crippen molar-refractivity contribution < 1.29 is 27.4 Å². The van der Waals surface area contributed by atoms with Gasteiger partial charge in [-0.15, -0.1) is 0 Å². The molecule has 0 aromatic heterocycles. The molecule has 0 fully saturated rings. The van der Waals surface area contributed by atoms with Gasteiger partial charge in [-0.25, -0.2) is 8.42 Å². The van der Waals surface area contributed by atoms with E-state index in [1.165, 1.54) is 21.3 Å². The van der Waals surface area contributed by atoms with E-state index >= 15 is 0 Å². The fraction of sp³-hybridized carbons (Fsp3) is 0.350. The van der Waals surface area contributed by atoms with E-state index in [4.69, 9.17) is 14.2 Å². The van der Waals surface area contributed by atoms with Crippen molar-refractivity contribution in [3.8, 4) is 17.2 Å². The summed E-state index contributed by atoms with van der Waals surface area (Å²) in [5.74, 6) is 1.10. The van der Waals surface area contributed by atoms with Crippen LogP contribution in [0.25, 0.3) is 0 Å². The topological polar surface area (TPSA) is 94.2 Å². The van der Waals surface area contributed by atoms with Crippen LogP contribution in [-0.4, -0.2) is 48.0 Å². The van der Waals surface area contributed by atoms with E-state index in [9.17, 15) is 13.2 Å². The molecule has 0 radical (unpaired) electrons. The van der Waals surface area contributed by atoms with Crippen LogP contribution >= 0.6 is 0 Å². The quantitative estimate of drug-likeness (QED) is 0.668. The fourth-order valence-corrected chi connectivity index (χ4v) is 4.14. The van der Waals surface area contributed by atoms with Crippen LogP contribution in [0.15, 0.2) is 42.5 Å². The van der Waals surface area contributed by atoms with Crippen molar-refractivity contribution in [1.29, 1.82) is 0 Å². The van der Waals surface area contributed by atoms with Gasteiger partial charge >= 0.3 is 0 Å². The molecule has 9 heteroatoms. The Morgan fingerprint density at radius 1 is 1.00 bits per heavy atom. The van der Waals surface area contributed by atoms with Crippen molar-refractivity contribution >= 4 is 27.3 Å². The summed E-state index contributed by atoms with van der Waals surface area (Å²) in [6.07, 6.45) is 1.35. The summed E-state index contributed by atoms with van der Waals surface area (Å²) in [7, 11) is 0.809. The standard InChI is InChI=1S/C20H26N2O6S/c1-6-17(20(23)21-14-7-12-18(27-3)19(13-14)28-4)22(29(5,24)25)15-8-10-16(26-2)11-9-15/h7-13,17H,6H2,1-5H3,(H,21,23)/t17-/m0/s1. The van der Waals surface area contributed by atoms with E-state index in [2.05, 4.69) is 5.32 Å². The zero-order valence-corrected chi connectivity index (χ0v) is 17.9. The fourth-order valence-electron chi connectivity index (χ4n) is 2.93. The van der Waals surface area contributed by atoms with Gasteiger partial charge in [-0.3, -0.25) is 9.10 Å². The number of nitrogens with one attached hydrogen (secondary N) is 1. The Balaban J connectivity index is 2.35. The Kier molecular flexibility index (Phi) is 7.33. The molecule has 1 N–H and O–H groups in total. The molecule has 0 spiro atoms. The van der Waals surface area contributed by atoms with Gasteiger partial charge in [0.1, 0.15) is 11.8 Å². The molecule has 1 amide bonds. The van der Waals surface area contributed by atoms with E-state index in [1.54, 1.807) is 49.4 Å². The largest absolute Gasteiger partial charge is 0.497 e. The zero-order chi connectivity index (χ0) is 21.6. The lowest BCUT2D eigenvalue weighted by Crippen LogP contribution is -2.47. The number of methoxy groups -OCH3 is 3. The molecular formula is C20H26N2O6S. The maximum Gasteiger partial charge on any atom is 0.248 e. The molecule has 2 rings (SSSR count). The maximum atomic E-state index is 13.0. The smallest absolute Gasteiger partial charge is 0.248 e. The highest BCUT2D eigenvalue weighted by Crippen LogP contribution is 2.30. The first-order valence-corrected chi connectivity index (χ1v) is 10.8. The molecule has 1 atom stereocenters. The minimum absolute atomic E-state index is 0.276. The number of carbonyl (C=O) groups excluding carboxylic acids is 1. The molecule has 0 saturated carbocycles. The van der Waals surface area contributed by atoms with Crippen LogP contribution in [0, 0.1) is 0 Å². The van der Waals surface area contributed by atoms with Gasteiger partial charge in [0.05, 0.1) is 33.3 Å². The van der Waals surface area contributed by atoms with Crippen molar-refractivity contribution in [2.75, 3.05) is 37.2 Å². The minimum atomic E-state index is -3.72. The Labute approximate surface area is 171 Å². The van der Waals surface area contributed by atoms with Crippen molar-refractivity contribution in [1.82, 2.24) is 0 Å². The summed E-state index contributed by atoms with van der Waals surface area (Å²) in [5.41, 5.74) is 0.844. The minimum Gasteiger partial charge on any atom is -0.497 e. The van der Waals surface area contributed by atoms with Gasteiger partial charge in [0, 0.05) is 11.8 Å². The Bertz CT molecular complexity index is 944. The molecule has 2 aromatic carbocycles. The lowest BCUT2D eigenvalue weighted by molar-refractivity contribution is -0.117. The predicted molar refractivity (Wildman–Crippen MR) is 113 cm³/mol. The third-order valence-electron chi connectivity index (χ3n) is 4.31. The maximum absolute atomic E-state index is 13.0. The number of benzene rings is 2. The van der Waals surface area contributed by atoms with Crippen LogP contribution in [0.5, 0.6) is 17.2 Å². The first kappa shape index (κ1) is 22.4. The normalized spacial score (nSPS) is 12.0. The van der Waals surface area contributed by atoms with Crippen molar-refractivity contribution in [2.24, 2.45) is 0 Å². The van der Waals surface area contributed by atoms with Gasteiger partial charge < -0.3 is 19.5 Å². The monoisotopic (exact) mass is 422 g/mol. The van der Waals surface area contributed by atoms with Crippen LogP contribution in [-0.2, 0) is 14.8 Å². The number of sulfonamides is 1. The summed E-state index contributed by atoms with van der Waals surface area (Å²) >= 11 is 0. The number of hydrogen-bond acceptors (Lipinski definition) is 6. The number of ether oxygens (including phenoxy) is 3. The lowest BCUT2D eigenvalue weighted by Gasteiger charge is -2.30. The van der Waals surface area contributed by atoms with Gasteiger partial charge in [-0.2, -0.15) is 0 Å². The van der Waals surface area contributed by atoms with Crippen LogP contribution in [0.3, 0.4) is 0 Å². The number of hydrogen-bond donors (Lipinski definition) is 1. The Morgan fingerprint density at radius 3 is 2.10 bits per heavy atom. The molecule has 0 aliphatic carbocycles. The highest BCUT2D eigenvalue weighted by Gasteiger charge is 2.31. The van der Waals surface area contributed by atoms with E-state index in [0.29, 0.717) is 28.6 Å². The molecule has 0 saturated heterocycles. The third kappa shape index (κ3) is 5.32. The highest BCUT2D eigenvalue weighted by molar-refractivity contribution is 7.92. The van der Waals surface area contributed by atoms with Crippen LogP contribution in [0.4, 0.5) is 11.4 Å². The third-order valence-corrected chi connectivity index (χ3v) is 5.49. The second-order valence-electron chi connectivity index (χ2n) is 6.24. The number of nitrogens with zero attached hydrogens (tertiary/aromatic N) is 1. The van der Waals surface area contributed by atoms with Crippen LogP contribution < -0.4 is 23.8 Å². The summed E-state index contributed by atoms with van der Waals surface area (Å²) in [4.78, 5) is 13.0. The average molecular weight is 423 g/mol. The van der Waals surface area contributed by atoms with E-state index in [0.717, 1.165) is 10.6 Å². The van der Waals surface area contributed by atoms with Gasteiger partial charge in [0.2, 0.25) is 15.9 Å². The van der Waals surface area contributed by atoms with E-state index < -0.39 is 22.0 Å². The molecule has 0 aliphatic heterocycles. The highest BCUT2D eigenvalue weighted by atomic mass is 32.2. The Morgan fingerprint density at radius 2 is 1.62 bits per heavy atom. The Hall–Kier alpha value is -2.94. The van der Waals surface area contributed by atoms with E-state index in [1.807, 2.05) is 0 Å². The average Bonchev–Trinajstić information content (AvgIpc) is 2.70. The number of rotatable bonds is 9. The van der Waals surface area contributed by atoms with Crippen LogP contribution in [0.1, 0.15) is 13.3 Å². The SMILES string of the molecule is CC[C@@H](C(=O)Nc1ccc(OC)c(OC)c1)N(c1ccc(OC)cc1)S(C)(=O)=O. The van der Waals surface area contributed by atoms with Gasteiger partial charge in [-0.1, -0.05) is 6.92 Å². The second kappa shape index (κ2) is 9.51. The zero-order valence-electron chi connectivity index (χ0n) is 17.1. The summed E-state index contributed by atoms with van der Waals surface area (Å²) in [6, 6.07) is 10.5. The van der Waals surface area contributed by atoms with Crippen LogP contribution in [0.2, 0.25) is 0 Å². The molecule has 8 nitrogen and oxygen atoms in total. The van der Waals surface area contributed by atoms with Crippen molar-refractivity contribution in [2.45, 2.75) is 19.4 Å². The first-order valence-electron chi connectivity index (χ1n) is 8.91. The molecule has 29 heavy (non-hydrogen) atoms. The molecule has 0 heterocycles. The molecule has 0 bridgehead atoms. The summed E-state index contributed by atoms with van der Waals surface area (Å²) in [6.45, 7) is 1.75. The van der Waals surface area contributed by atoms with E-state index in [-0.39, 0.29) is 6.42 Å². The molecule has 158 valence electrons. The lowest BCUT2D eigenvalue weighted by atomic mass is 10.1. The van der Waals surface area contributed by atoms with Gasteiger partial charge in [-0.05, 0) is 42.8 Å². The second-order valence-corrected chi connectivity index (χ2v) is 8.10. The predicted octanol–water partition coefficient (Wildman–Crippen LogP) is 2.90. The summed E-state index contributed by atoms with van der Waals surface area (Å²) in [5, 5.41) is 2.76. The van der Waals surface area contributed by atoms with Crippen molar-refractivity contribution in [3.05, 3.63) is 42.5 Å². The molecule has 2 aromatic rings. The molecular weight excluding hydrogens is 396 g/mol. The number of anilines is 2. The number of carbonyl (C=O) groups is 1. The summed E-state index contributed by atoms with van der Waals surface area (Å²) < 4.78 is 41.7. The molecule has 0 unspecified atom stereocenters. The number of amides is 1. The van der Waals surface area contributed by atoms with Crippen molar-refractivity contribution in [3.63, 3.8) is 0 Å².